The minimum atomic E-state index is -1.78. The summed E-state index contributed by atoms with van der Waals surface area (Å²) in [6, 6.07) is 44.8. The maximum absolute atomic E-state index is 2.60. The molecule has 5 rings (SSSR count). The first-order valence-electron chi connectivity index (χ1n) is 10.5. The van der Waals surface area contributed by atoms with Crippen molar-refractivity contribution in [2.24, 2.45) is 0 Å². The molecule has 0 aromatic heterocycles. The summed E-state index contributed by atoms with van der Waals surface area (Å²) < 4.78 is 0. The molecule has 0 saturated heterocycles. The van der Waals surface area contributed by atoms with E-state index in [9.17, 15) is 0 Å². The van der Waals surface area contributed by atoms with Crippen LogP contribution in [0.2, 0.25) is 0 Å². The Hall–Kier alpha value is -2.35. The Balaban J connectivity index is 1.96. The Labute approximate surface area is 187 Å². The molecule has 0 saturated carbocycles. The van der Waals surface area contributed by atoms with Crippen LogP contribution in [-0.2, 0) is 0 Å². The van der Waals surface area contributed by atoms with Crippen LogP contribution < -0.4 is 21.2 Å². The molecule has 0 aliphatic carbocycles. The van der Waals surface area contributed by atoms with E-state index < -0.39 is 13.1 Å². The predicted octanol–water partition coefficient (Wildman–Crippen LogP) is 6.82. The molecule has 4 aromatic carbocycles. The number of allylic oxidation sites excluding steroid dienone is 1. The minimum Gasteiger partial charge on any atom is -0.0622 e. The smallest absolute Gasteiger partial charge is 0.00280 e. The van der Waals surface area contributed by atoms with Gasteiger partial charge in [-0.25, -0.2) is 0 Å². The zero-order valence-corrected chi connectivity index (χ0v) is 20.2. The van der Waals surface area contributed by atoms with Crippen LogP contribution in [0.1, 0.15) is 6.92 Å². The van der Waals surface area contributed by atoms with Crippen LogP contribution in [0.5, 0.6) is 0 Å². The SMILES string of the molecule is CC1=CP(c2ccccc2)(c2ccccc2)=PP(c2ccccc2)(c2ccccc2)=C1. The van der Waals surface area contributed by atoms with Crippen molar-refractivity contribution in [3.63, 3.8) is 0 Å². The molecule has 31 heavy (non-hydrogen) atoms. The third-order valence-electron chi connectivity index (χ3n) is 5.66. The molecule has 1 aliphatic rings. The van der Waals surface area contributed by atoms with E-state index in [4.69, 9.17) is 0 Å². The van der Waals surface area contributed by atoms with Crippen molar-refractivity contribution in [3.05, 3.63) is 133 Å². The molecular weight excluding hydrogens is 429 g/mol. The van der Waals surface area contributed by atoms with Gasteiger partial charge in [0.05, 0.1) is 0 Å². The highest BCUT2D eigenvalue weighted by molar-refractivity contribution is 8.52. The van der Waals surface area contributed by atoms with Crippen LogP contribution in [0.15, 0.2) is 133 Å². The van der Waals surface area contributed by atoms with Crippen LogP contribution >= 0.6 is 20.7 Å². The van der Waals surface area contributed by atoms with Crippen molar-refractivity contribution in [2.45, 2.75) is 6.92 Å². The Bertz CT molecular complexity index is 1150. The molecule has 0 amide bonds. The largest absolute Gasteiger partial charge is 0.0622 e. The van der Waals surface area contributed by atoms with Crippen molar-refractivity contribution in [1.29, 1.82) is 0 Å². The molecule has 0 fully saturated rings. The Morgan fingerprint density at radius 1 is 0.484 bits per heavy atom. The second-order valence-electron chi connectivity index (χ2n) is 7.80. The van der Waals surface area contributed by atoms with Crippen LogP contribution in [-0.4, -0.2) is 5.80 Å². The maximum Gasteiger partial charge on any atom is -0.00280 e. The van der Waals surface area contributed by atoms with Gasteiger partial charge in [0.25, 0.3) is 0 Å². The highest BCUT2D eigenvalue weighted by Crippen LogP contribution is 2.75. The molecule has 0 radical (unpaired) electrons. The van der Waals surface area contributed by atoms with Gasteiger partial charge in [0.2, 0.25) is 0 Å². The van der Waals surface area contributed by atoms with Crippen molar-refractivity contribution in [1.82, 2.24) is 0 Å². The van der Waals surface area contributed by atoms with Crippen molar-refractivity contribution in [2.75, 3.05) is 0 Å². The molecule has 1 aliphatic heterocycles. The summed E-state index contributed by atoms with van der Waals surface area (Å²) in [6.07, 6.45) is 0. The molecule has 0 unspecified atom stereocenters. The Morgan fingerprint density at radius 3 is 1.23 bits per heavy atom. The molecule has 152 valence electrons. The Morgan fingerprint density at radius 2 is 0.839 bits per heavy atom. The van der Waals surface area contributed by atoms with E-state index >= 15 is 0 Å². The fourth-order valence-electron chi connectivity index (χ4n) is 4.32. The van der Waals surface area contributed by atoms with Crippen molar-refractivity contribution in [3.8, 4) is 0 Å². The quantitative estimate of drug-likeness (QED) is 0.297. The van der Waals surface area contributed by atoms with Gasteiger partial charge < -0.3 is 0 Å². The molecular formula is C28H25P3. The van der Waals surface area contributed by atoms with Gasteiger partial charge in [-0.15, -0.1) is 0 Å². The van der Waals surface area contributed by atoms with Gasteiger partial charge in [-0.05, 0) is 58.5 Å². The van der Waals surface area contributed by atoms with Gasteiger partial charge in [0.15, 0.2) is 0 Å². The molecule has 1 heterocycles. The standard InChI is InChI=1S/C28H25P3/c1-24-22-30(25-14-6-2-7-15-25,26-16-8-3-9-17-26)29-31(23-24,27-18-10-4-11-19-27)28-20-12-5-13-21-28/h2-23H,1H3. The van der Waals surface area contributed by atoms with E-state index in [0.29, 0.717) is 0 Å². The fourth-order valence-corrected chi connectivity index (χ4v) is 24.7. The summed E-state index contributed by atoms with van der Waals surface area (Å²) in [6.45, 7) is -1.25. The first-order valence-corrected chi connectivity index (χ1v) is 16.6. The van der Waals surface area contributed by atoms with Gasteiger partial charge >= 0.3 is 0 Å². The normalized spacial score (nSPS) is 17.0. The maximum atomic E-state index is 2.60. The third kappa shape index (κ3) is 3.75. The van der Waals surface area contributed by atoms with Gasteiger partial charge in [-0.1, -0.05) is 129 Å². The molecule has 3 heteroatoms. The number of benzene rings is 4. The molecule has 0 bridgehead atoms. The van der Waals surface area contributed by atoms with Gasteiger partial charge in [-0.3, -0.25) is 0 Å². The van der Waals surface area contributed by atoms with E-state index in [-0.39, 0.29) is 0 Å². The fraction of sp³-hybridized carbons (Fsp3) is 0.0357. The van der Waals surface area contributed by atoms with Crippen LogP contribution in [0.3, 0.4) is 0 Å². The first kappa shape index (κ1) is 20.5. The molecule has 0 N–H and O–H groups in total. The lowest BCUT2D eigenvalue weighted by Gasteiger charge is -2.34. The van der Waals surface area contributed by atoms with E-state index in [1.165, 1.54) is 34.3 Å². The summed E-state index contributed by atoms with van der Waals surface area (Å²) in [4.78, 5) is 0. The number of rotatable bonds is 4. The lowest BCUT2D eigenvalue weighted by molar-refractivity contribution is 1.67. The lowest BCUT2D eigenvalue weighted by atomic mass is 10.4. The van der Waals surface area contributed by atoms with Crippen LogP contribution in [0, 0.1) is 0 Å². The number of hydrogen-bond acceptors (Lipinski definition) is 0. The zero-order chi connectivity index (χ0) is 21.2. The van der Waals surface area contributed by atoms with Gasteiger partial charge in [-0.2, -0.15) is 0 Å². The van der Waals surface area contributed by atoms with E-state index in [0.717, 1.165) is 0 Å². The van der Waals surface area contributed by atoms with Crippen molar-refractivity contribution >= 4 is 47.7 Å². The van der Waals surface area contributed by atoms with Crippen molar-refractivity contribution < 1.29 is 0 Å². The minimum absolute atomic E-state index is 1.40. The number of hydrogen-bond donors (Lipinski definition) is 0. The first-order chi connectivity index (χ1) is 15.2. The molecule has 0 atom stereocenters. The summed E-state index contributed by atoms with van der Waals surface area (Å²) in [5, 5.41) is 5.86. The monoisotopic (exact) mass is 454 g/mol. The highest BCUT2D eigenvalue weighted by atomic mass is 32.3. The molecule has 4 aromatic rings. The summed E-state index contributed by atoms with van der Waals surface area (Å²) in [7, 11) is 1.52. The highest BCUT2D eigenvalue weighted by Gasteiger charge is 2.31. The van der Waals surface area contributed by atoms with E-state index in [1.54, 1.807) is 0 Å². The summed E-state index contributed by atoms with van der Waals surface area (Å²) in [5.41, 5.74) is 1.40. The average molecular weight is 454 g/mol. The predicted molar refractivity (Wildman–Crippen MR) is 145 cm³/mol. The van der Waals surface area contributed by atoms with Gasteiger partial charge in [0, 0.05) is 0 Å². The third-order valence-corrected chi connectivity index (χ3v) is 22.4. The van der Waals surface area contributed by atoms with Gasteiger partial charge in [0.1, 0.15) is 0 Å². The zero-order valence-electron chi connectivity index (χ0n) is 17.5. The summed E-state index contributed by atoms with van der Waals surface area (Å²) >= 11 is 0. The topological polar surface area (TPSA) is 0 Å². The Kier molecular flexibility index (Phi) is 5.73. The molecule has 0 spiro atoms. The second-order valence-corrected chi connectivity index (χ2v) is 19.2. The van der Waals surface area contributed by atoms with E-state index in [1.807, 2.05) is 0 Å². The van der Waals surface area contributed by atoms with Crippen LogP contribution in [0.4, 0.5) is 0 Å². The molecule has 0 nitrogen and oxygen atoms in total. The second kappa shape index (κ2) is 8.65. The summed E-state index contributed by atoms with van der Waals surface area (Å²) in [5.74, 6) is 5.20. The average Bonchev–Trinajstić information content (AvgIpc) is 2.86. The van der Waals surface area contributed by atoms with E-state index in [2.05, 4.69) is 140 Å². The lowest BCUT2D eigenvalue weighted by Crippen LogP contribution is -2.19. The van der Waals surface area contributed by atoms with Crippen LogP contribution in [0.25, 0.3) is 0 Å².